The van der Waals surface area contributed by atoms with Crippen LogP contribution in [-0.4, -0.2) is 15.1 Å². The third-order valence-corrected chi connectivity index (χ3v) is 2.00. The van der Waals surface area contributed by atoms with Gasteiger partial charge in [0.05, 0.1) is 6.10 Å². The fourth-order valence-corrected chi connectivity index (χ4v) is 1.77. The third-order valence-electron chi connectivity index (χ3n) is 1.32. The van der Waals surface area contributed by atoms with Crippen LogP contribution in [0.1, 0.15) is 27.7 Å². The van der Waals surface area contributed by atoms with Crippen LogP contribution in [0.5, 0.6) is 0 Å². The van der Waals surface area contributed by atoms with E-state index in [1.807, 2.05) is 27.7 Å². The molecular formula is C7H15IO. The number of rotatable bonds is 1. The lowest BCUT2D eigenvalue weighted by Crippen LogP contribution is -2.32. The van der Waals surface area contributed by atoms with E-state index in [9.17, 15) is 5.11 Å². The maximum atomic E-state index is 9.46. The molecule has 0 heterocycles. The molecule has 56 valence electrons. The van der Waals surface area contributed by atoms with Gasteiger partial charge in [-0.3, -0.25) is 0 Å². The lowest BCUT2D eigenvalue weighted by molar-refractivity contribution is 0.0685. The lowest BCUT2D eigenvalue weighted by Gasteiger charge is -2.27. The van der Waals surface area contributed by atoms with Crippen LogP contribution in [0.3, 0.4) is 0 Å². The SMILES string of the molecule is C[C@H](I)[C@@H](O)C(C)(C)C. The summed E-state index contributed by atoms with van der Waals surface area (Å²) in [6.07, 6.45) is -0.196. The highest BCUT2D eigenvalue weighted by Crippen LogP contribution is 2.24. The molecule has 0 fully saturated rings. The molecule has 0 aromatic rings. The standard InChI is InChI=1S/C7H15IO/c1-5(8)6(9)7(2,3)4/h5-6,9H,1-4H3/t5-,6+/m0/s1. The summed E-state index contributed by atoms with van der Waals surface area (Å²) in [4.78, 5) is 0. The van der Waals surface area contributed by atoms with E-state index in [1.54, 1.807) is 0 Å². The summed E-state index contributed by atoms with van der Waals surface area (Å²) in [6.45, 7) is 8.17. The second kappa shape index (κ2) is 3.19. The zero-order valence-corrected chi connectivity index (χ0v) is 8.64. The first-order chi connectivity index (χ1) is 3.85. The largest absolute Gasteiger partial charge is 0.392 e. The van der Waals surface area contributed by atoms with Gasteiger partial charge in [-0.25, -0.2) is 0 Å². The van der Waals surface area contributed by atoms with Crippen molar-refractivity contribution in [3.8, 4) is 0 Å². The van der Waals surface area contributed by atoms with Crippen molar-refractivity contribution in [3.63, 3.8) is 0 Å². The molecule has 9 heavy (non-hydrogen) atoms. The van der Waals surface area contributed by atoms with Crippen molar-refractivity contribution in [1.82, 2.24) is 0 Å². The van der Waals surface area contributed by atoms with Gasteiger partial charge in [0.15, 0.2) is 0 Å². The number of aliphatic hydroxyl groups is 1. The van der Waals surface area contributed by atoms with Gasteiger partial charge in [0.2, 0.25) is 0 Å². The van der Waals surface area contributed by atoms with E-state index >= 15 is 0 Å². The Bertz CT molecular complexity index is 83.4. The minimum atomic E-state index is -0.196. The molecule has 0 unspecified atom stereocenters. The molecule has 0 aliphatic heterocycles. The first kappa shape index (κ1) is 9.69. The van der Waals surface area contributed by atoms with Gasteiger partial charge in [0.25, 0.3) is 0 Å². The van der Waals surface area contributed by atoms with Crippen LogP contribution in [0.25, 0.3) is 0 Å². The number of aliphatic hydroxyl groups excluding tert-OH is 1. The summed E-state index contributed by atoms with van der Waals surface area (Å²) >= 11 is 2.24. The predicted molar refractivity (Wildman–Crippen MR) is 48.9 cm³/mol. The number of alkyl halides is 1. The Hall–Kier alpha value is 0.690. The fraction of sp³-hybridized carbons (Fsp3) is 1.00. The highest BCUT2D eigenvalue weighted by Gasteiger charge is 2.25. The van der Waals surface area contributed by atoms with Gasteiger partial charge in [-0.05, 0) is 5.41 Å². The topological polar surface area (TPSA) is 20.2 Å². The molecule has 0 amide bonds. The van der Waals surface area contributed by atoms with Crippen LogP contribution in [0.15, 0.2) is 0 Å². The molecule has 0 aromatic carbocycles. The molecule has 2 atom stereocenters. The number of halogens is 1. The summed E-state index contributed by atoms with van der Waals surface area (Å²) in [5.41, 5.74) is 0.0284. The molecule has 0 rings (SSSR count). The Balaban J connectivity index is 3.88. The van der Waals surface area contributed by atoms with Crippen molar-refractivity contribution in [2.24, 2.45) is 5.41 Å². The molecule has 0 saturated carbocycles. The summed E-state index contributed by atoms with van der Waals surface area (Å²) in [5, 5.41) is 9.46. The van der Waals surface area contributed by atoms with Crippen molar-refractivity contribution in [3.05, 3.63) is 0 Å². The normalized spacial score (nSPS) is 19.3. The van der Waals surface area contributed by atoms with Gasteiger partial charge in [0.1, 0.15) is 0 Å². The molecule has 0 bridgehead atoms. The van der Waals surface area contributed by atoms with Gasteiger partial charge >= 0.3 is 0 Å². The molecule has 0 spiro atoms. The molecule has 0 aliphatic carbocycles. The van der Waals surface area contributed by atoms with Crippen molar-refractivity contribution in [2.45, 2.75) is 37.7 Å². The lowest BCUT2D eigenvalue weighted by atomic mass is 9.88. The van der Waals surface area contributed by atoms with Crippen LogP contribution < -0.4 is 0 Å². The van der Waals surface area contributed by atoms with Gasteiger partial charge in [-0.15, -0.1) is 0 Å². The van der Waals surface area contributed by atoms with E-state index in [0.717, 1.165) is 0 Å². The Morgan fingerprint density at radius 2 is 1.67 bits per heavy atom. The average molecular weight is 242 g/mol. The van der Waals surface area contributed by atoms with Crippen LogP contribution in [-0.2, 0) is 0 Å². The highest BCUT2D eigenvalue weighted by atomic mass is 127. The van der Waals surface area contributed by atoms with Crippen LogP contribution >= 0.6 is 22.6 Å². The summed E-state index contributed by atoms with van der Waals surface area (Å²) in [7, 11) is 0. The summed E-state index contributed by atoms with van der Waals surface area (Å²) in [6, 6.07) is 0. The second-order valence-corrected chi connectivity index (χ2v) is 5.45. The Morgan fingerprint density at radius 3 is 1.67 bits per heavy atom. The Labute approximate surface area is 71.0 Å². The van der Waals surface area contributed by atoms with E-state index in [-0.39, 0.29) is 11.5 Å². The quantitative estimate of drug-likeness (QED) is 0.552. The molecule has 2 heteroatoms. The van der Waals surface area contributed by atoms with Gasteiger partial charge in [-0.1, -0.05) is 50.3 Å². The zero-order valence-electron chi connectivity index (χ0n) is 6.48. The predicted octanol–water partition coefficient (Wildman–Crippen LogP) is 2.22. The molecule has 0 saturated heterocycles. The first-order valence-electron chi connectivity index (χ1n) is 3.18. The smallest absolute Gasteiger partial charge is 0.0703 e. The molecular weight excluding hydrogens is 227 g/mol. The number of hydrogen-bond acceptors (Lipinski definition) is 1. The zero-order chi connectivity index (χ0) is 7.65. The van der Waals surface area contributed by atoms with Gasteiger partial charge in [0, 0.05) is 3.92 Å². The third kappa shape index (κ3) is 3.40. The minimum Gasteiger partial charge on any atom is -0.392 e. The van der Waals surface area contributed by atoms with Gasteiger partial charge in [-0.2, -0.15) is 0 Å². The van der Waals surface area contributed by atoms with Crippen molar-refractivity contribution >= 4 is 22.6 Å². The van der Waals surface area contributed by atoms with E-state index < -0.39 is 0 Å². The Morgan fingerprint density at radius 1 is 1.33 bits per heavy atom. The molecule has 1 nitrogen and oxygen atoms in total. The molecule has 0 aromatic heterocycles. The monoisotopic (exact) mass is 242 g/mol. The molecule has 0 aliphatic rings. The van der Waals surface area contributed by atoms with E-state index in [1.165, 1.54) is 0 Å². The maximum absolute atomic E-state index is 9.46. The first-order valence-corrected chi connectivity index (χ1v) is 4.42. The highest BCUT2D eigenvalue weighted by molar-refractivity contribution is 14.1. The van der Waals surface area contributed by atoms with Crippen molar-refractivity contribution in [1.29, 1.82) is 0 Å². The van der Waals surface area contributed by atoms with Crippen LogP contribution in [0.4, 0.5) is 0 Å². The maximum Gasteiger partial charge on any atom is 0.0703 e. The van der Waals surface area contributed by atoms with Crippen LogP contribution in [0, 0.1) is 5.41 Å². The average Bonchev–Trinajstić information content (AvgIpc) is 1.62. The van der Waals surface area contributed by atoms with Crippen LogP contribution in [0.2, 0.25) is 0 Å². The summed E-state index contributed by atoms with van der Waals surface area (Å²) < 4.78 is 0.336. The summed E-state index contributed by atoms with van der Waals surface area (Å²) in [5.74, 6) is 0. The molecule has 0 radical (unpaired) electrons. The van der Waals surface area contributed by atoms with Crippen molar-refractivity contribution in [2.75, 3.05) is 0 Å². The Kier molecular flexibility index (Phi) is 3.44. The number of hydrogen-bond donors (Lipinski definition) is 1. The molecule has 1 N–H and O–H groups in total. The van der Waals surface area contributed by atoms with Gasteiger partial charge < -0.3 is 5.11 Å². The van der Waals surface area contributed by atoms with E-state index in [0.29, 0.717) is 3.92 Å². The van der Waals surface area contributed by atoms with E-state index in [2.05, 4.69) is 22.6 Å². The van der Waals surface area contributed by atoms with Crippen molar-refractivity contribution < 1.29 is 5.11 Å². The fourth-order valence-electron chi connectivity index (χ4n) is 0.689. The van der Waals surface area contributed by atoms with E-state index in [4.69, 9.17) is 0 Å². The minimum absolute atomic E-state index is 0.0284. The second-order valence-electron chi connectivity index (χ2n) is 3.49.